The van der Waals surface area contributed by atoms with Crippen molar-refractivity contribution in [2.45, 2.75) is 19.8 Å². The molecule has 0 aromatic heterocycles. The van der Waals surface area contributed by atoms with E-state index in [1.165, 1.54) is 11.1 Å². The van der Waals surface area contributed by atoms with Crippen LogP contribution in [0.1, 0.15) is 17.5 Å². The minimum Gasteiger partial charge on any atom is -0.303 e. The zero-order valence-corrected chi connectivity index (χ0v) is 7.92. The molecule has 1 rings (SSSR count). The molecule has 0 spiro atoms. The molecule has 0 radical (unpaired) electrons. The van der Waals surface area contributed by atoms with Crippen molar-refractivity contribution in [3.8, 4) is 0 Å². The van der Waals surface area contributed by atoms with E-state index >= 15 is 0 Å². The molecule has 0 unspecified atom stereocenters. The van der Waals surface area contributed by atoms with Crippen LogP contribution in [-0.2, 0) is 11.2 Å². The molecule has 0 bridgehead atoms. The summed E-state index contributed by atoms with van der Waals surface area (Å²) >= 11 is 0. The standard InChI is InChI=1S/C12H14O/c1-10-3-5-12(6-4-10)9-11(2)7-8-13/h3-6,8H,2,7,9H2,1H3. The topological polar surface area (TPSA) is 17.1 Å². The summed E-state index contributed by atoms with van der Waals surface area (Å²) < 4.78 is 0. The summed E-state index contributed by atoms with van der Waals surface area (Å²) in [5, 5.41) is 0. The Kier molecular flexibility index (Phi) is 3.44. The molecule has 0 aliphatic heterocycles. The van der Waals surface area contributed by atoms with Gasteiger partial charge in [-0.1, -0.05) is 42.0 Å². The zero-order chi connectivity index (χ0) is 9.68. The second-order valence-corrected chi connectivity index (χ2v) is 3.28. The first kappa shape index (κ1) is 9.72. The molecule has 1 aromatic carbocycles. The van der Waals surface area contributed by atoms with Crippen LogP contribution in [-0.4, -0.2) is 6.29 Å². The average molecular weight is 174 g/mol. The third-order valence-electron chi connectivity index (χ3n) is 1.95. The van der Waals surface area contributed by atoms with Crippen molar-refractivity contribution in [1.82, 2.24) is 0 Å². The largest absolute Gasteiger partial charge is 0.303 e. The number of rotatable bonds is 4. The maximum atomic E-state index is 10.2. The number of hydrogen-bond donors (Lipinski definition) is 0. The molecule has 0 N–H and O–H groups in total. The summed E-state index contributed by atoms with van der Waals surface area (Å²) in [4.78, 5) is 10.2. The van der Waals surface area contributed by atoms with Crippen molar-refractivity contribution in [3.05, 3.63) is 47.5 Å². The predicted octanol–water partition coefficient (Wildman–Crippen LogP) is 2.68. The average Bonchev–Trinajstić information content (AvgIpc) is 2.09. The Hall–Kier alpha value is -1.37. The molecule has 1 nitrogen and oxygen atoms in total. The van der Waals surface area contributed by atoms with E-state index in [9.17, 15) is 4.79 Å². The van der Waals surface area contributed by atoms with Gasteiger partial charge in [0, 0.05) is 6.42 Å². The fourth-order valence-corrected chi connectivity index (χ4v) is 1.18. The lowest BCUT2D eigenvalue weighted by atomic mass is 10.0. The van der Waals surface area contributed by atoms with Gasteiger partial charge < -0.3 is 4.79 Å². The van der Waals surface area contributed by atoms with E-state index < -0.39 is 0 Å². The lowest BCUT2D eigenvalue weighted by Crippen LogP contribution is -1.90. The van der Waals surface area contributed by atoms with Gasteiger partial charge in [0.1, 0.15) is 6.29 Å². The Morgan fingerprint density at radius 3 is 2.54 bits per heavy atom. The molecule has 68 valence electrons. The van der Waals surface area contributed by atoms with Crippen LogP contribution in [0.5, 0.6) is 0 Å². The first-order valence-electron chi connectivity index (χ1n) is 4.38. The summed E-state index contributed by atoms with van der Waals surface area (Å²) in [6.07, 6.45) is 2.17. The zero-order valence-electron chi connectivity index (χ0n) is 7.92. The van der Waals surface area contributed by atoms with E-state index in [4.69, 9.17) is 0 Å². The molecule has 0 saturated carbocycles. The molecule has 0 saturated heterocycles. The van der Waals surface area contributed by atoms with Gasteiger partial charge >= 0.3 is 0 Å². The number of carbonyl (C=O) groups excluding carboxylic acids is 1. The SMILES string of the molecule is C=C(CC=O)Cc1ccc(C)cc1. The van der Waals surface area contributed by atoms with Crippen molar-refractivity contribution in [2.24, 2.45) is 0 Å². The van der Waals surface area contributed by atoms with Crippen molar-refractivity contribution in [2.75, 3.05) is 0 Å². The second-order valence-electron chi connectivity index (χ2n) is 3.28. The molecule has 1 heteroatoms. The van der Waals surface area contributed by atoms with Gasteiger partial charge in [-0.25, -0.2) is 0 Å². The summed E-state index contributed by atoms with van der Waals surface area (Å²) in [5.74, 6) is 0. The van der Waals surface area contributed by atoms with Crippen molar-refractivity contribution in [1.29, 1.82) is 0 Å². The highest BCUT2D eigenvalue weighted by atomic mass is 16.1. The molecular formula is C12H14O. The maximum absolute atomic E-state index is 10.2. The minimum atomic E-state index is 0.466. The maximum Gasteiger partial charge on any atom is 0.124 e. The highest BCUT2D eigenvalue weighted by molar-refractivity contribution is 5.54. The quantitative estimate of drug-likeness (QED) is 0.506. The van der Waals surface area contributed by atoms with Crippen LogP contribution in [0.2, 0.25) is 0 Å². The fraction of sp³-hybridized carbons (Fsp3) is 0.250. The summed E-state index contributed by atoms with van der Waals surface area (Å²) in [7, 11) is 0. The van der Waals surface area contributed by atoms with E-state index in [1.807, 2.05) is 0 Å². The van der Waals surface area contributed by atoms with E-state index in [1.54, 1.807) is 0 Å². The van der Waals surface area contributed by atoms with Gasteiger partial charge in [-0.3, -0.25) is 0 Å². The van der Waals surface area contributed by atoms with E-state index in [0.29, 0.717) is 6.42 Å². The van der Waals surface area contributed by atoms with E-state index in [2.05, 4.69) is 37.8 Å². The molecule has 1 aromatic rings. The summed E-state index contributed by atoms with van der Waals surface area (Å²) in [5.41, 5.74) is 3.45. The van der Waals surface area contributed by atoms with Gasteiger partial charge in [0.05, 0.1) is 0 Å². The van der Waals surface area contributed by atoms with Crippen LogP contribution in [0.15, 0.2) is 36.4 Å². The number of carbonyl (C=O) groups is 1. The monoisotopic (exact) mass is 174 g/mol. The Balaban J connectivity index is 2.59. The summed E-state index contributed by atoms with van der Waals surface area (Å²) in [6, 6.07) is 8.30. The molecular weight excluding hydrogens is 160 g/mol. The van der Waals surface area contributed by atoms with Crippen LogP contribution in [0.25, 0.3) is 0 Å². The molecule has 0 aliphatic rings. The van der Waals surface area contributed by atoms with Gasteiger partial charge in [-0.15, -0.1) is 0 Å². The number of aldehydes is 1. The van der Waals surface area contributed by atoms with Crippen LogP contribution in [0.4, 0.5) is 0 Å². The third-order valence-corrected chi connectivity index (χ3v) is 1.95. The molecule has 0 amide bonds. The molecule has 0 aliphatic carbocycles. The first-order valence-corrected chi connectivity index (χ1v) is 4.38. The Morgan fingerprint density at radius 1 is 1.38 bits per heavy atom. The molecule has 0 heterocycles. The van der Waals surface area contributed by atoms with Crippen LogP contribution in [0, 0.1) is 6.92 Å². The van der Waals surface area contributed by atoms with Crippen LogP contribution < -0.4 is 0 Å². The normalized spacial score (nSPS) is 9.62. The van der Waals surface area contributed by atoms with Crippen molar-refractivity contribution in [3.63, 3.8) is 0 Å². The lowest BCUT2D eigenvalue weighted by Gasteiger charge is -2.02. The van der Waals surface area contributed by atoms with Gasteiger partial charge in [-0.05, 0) is 18.9 Å². The minimum absolute atomic E-state index is 0.466. The highest BCUT2D eigenvalue weighted by Crippen LogP contribution is 2.09. The predicted molar refractivity (Wildman–Crippen MR) is 54.7 cm³/mol. The molecule has 0 fully saturated rings. The van der Waals surface area contributed by atoms with E-state index in [-0.39, 0.29) is 0 Å². The summed E-state index contributed by atoms with van der Waals surface area (Å²) in [6.45, 7) is 5.89. The van der Waals surface area contributed by atoms with Crippen LogP contribution >= 0.6 is 0 Å². The van der Waals surface area contributed by atoms with E-state index in [0.717, 1.165) is 18.3 Å². The molecule has 0 atom stereocenters. The lowest BCUT2D eigenvalue weighted by molar-refractivity contribution is -0.107. The number of hydrogen-bond acceptors (Lipinski definition) is 1. The van der Waals surface area contributed by atoms with Gasteiger partial charge in [0.15, 0.2) is 0 Å². The molecule has 13 heavy (non-hydrogen) atoms. The third kappa shape index (κ3) is 3.24. The number of aryl methyl sites for hydroxylation is 1. The van der Waals surface area contributed by atoms with Crippen LogP contribution in [0.3, 0.4) is 0 Å². The number of allylic oxidation sites excluding steroid dienone is 1. The number of benzene rings is 1. The van der Waals surface area contributed by atoms with Gasteiger partial charge in [-0.2, -0.15) is 0 Å². The Bertz CT molecular complexity index is 295. The van der Waals surface area contributed by atoms with Gasteiger partial charge in [0.25, 0.3) is 0 Å². The highest BCUT2D eigenvalue weighted by Gasteiger charge is 1.96. The fourth-order valence-electron chi connectivity index (χ4n) is 1.18. The van der Waals surface area contributed by atoms with Gasteiger partial charge in [0.2, 0.25) is 0 Å². The van der Waals surface area contributed by atoms with Crippen molar-refractivity contribution >= 4 is 6.29 Å². The second kappa shape index (κ2) is 4.61. The Morgan fingerprint density at radius 2 is 2.00 bits per heavy atom. The smallest absolute Gasteiger partial charge is 0.124 e. The Labute approximate surface area is 79.1 Å². The van der Waals surface area contributed by atoms with Crippen molar-refractivity contribution < 1.29 is 4.79 Å². The first-order chi connectivity index (χ1) is 6.22.